The number of aryl methyl sites for hydroxylation is 1. The molecule has 0 radical (unpaired) electrons. The number of nitrogens with one attached hydrogen (secondary N) is 1. The maximum atomic E-state index is 12.7. The summed E-state index contributed by atoms with van der Waals surface area (Å²) in [4.78, 5) is 31.1. The van der Waals surface area contributed by atoms with Crippen LogP contribution in [0.2, 0.25) is 10.0 Å². The third-order valence-corrected chi connectivity index (χ3v) is 5.42. The Morgan fingerprint density at radius 1 is 1.21 bits per heavy atom. The van der Waals surface area contributed by atoms with Gasteiger partial charge in [-0.3, -0.25) is 9.59 Å². The van der Waals surface area contributed by atoms with E-state index in [1.165, 1.54) is 0 Å². The minimum absolute atomic E-state index is 0.0642. The number of pyridine rings is 1. The molecule has 1 aromatic heterocycles. The predicted octanol–water partition coefficient (Wildman–Crippen LogP) is 4.34. The molecular formula is C21H23Cl2N3O3. The van der Waals surface area contributed by atoms with Crippen LogP contribution in [-0.2, 0) is 9.59 Å². The summed E-state index contributed by atoms with van der Waals surface area (Å²) in [7, 11) is 0. The fourth-order valence-electron chi connectivity index (χ4n) is 3.20. The number of carbonyl (C=O) groups is 2. The van der Waals surface area contributed by atoms with E-state index in [9.17, 15) is 9.59 Å². The van der Waals surface area contributed by atoms with Crippen LogP contribution < -0.4 is 10.1 Å². The zero-order valence-electron chi connectivity index (χ0n) is 16.3. The van der Waals surface area contributed by atoms with Crippen molar-refractivity contribution in [3.63, 3.8) is 0 Å². The first kappa shape index (κ1) is 21.4. The van der Waals surface area contributed by atoms with Crippen molar-refractivity contribution in [3.05, 3.63) is 52.1 Å². The van der Waals surface area contributed by atoms with Crippen LogP contribution in [0.5, 0.6) is 5.75 Å². The zero-order chi connectivity index (χ0) is 21.0. The van der Waals surface area contributed by atoms with Crippen LogP contribution in [0, 0.1) is 12.8 Å². The van der Waals surface area contributed by atoms with Gasteiger partial charge in [-0.05, 0) is 56.5 Å². The second-order valence-corrected chi connectivity index (χ2v) is 7.99. The highest BCUT2D eigenvalue weighted by molar-refractivity contribution is 6.35. The lowest BCUT2D eigenvalue weighted by Gasteiger charge is -2.33. The number of benzene rings is 1. The number of likely N-dealkylation sites (tertiary alicyclic amines) is 1. The number of hydrogen-bond acceptors (Lipinski definition) is 4. The molecule has 6 nitrogen and oxygen atoms in total. The van der Waals surface area contributed by atoms with E-state index in [1.54, 1.807) is 42.3 Å². The fraction of sp³-hybridized carbons (Fsp3) is 0.381. The minimum atomic E-state index is -0.684. The molecule has 1 aromatic carbocycles. The topological polar surface area (TPSA) is 71.5 Å². The molecule has 1 saturated heterocycles. The van der Waals surface area contributed by atoms with Crippen molar-refractivity contribution in [3.8, 4) is 5.75 Å². The van der Waals surface area contributed by atoms with Crippen molar-refractivity contribution >= 4 is 40.8 Å². The van der Waals surface area contributed by atoms with Gasteiger partial charge in [0.25, 0.3) is 5.91 Å². The number of anilines is 1. The number of piperidine rings is 1. The van der Waals surface area contributed by atoms with Gasteiger partial charge in [0.15, 0.2) is 6.10 Å². The molecule has 0 bridgehead atoms. The Kier molecular flexibility index (Phi) is 6.98. The van der Waals surface area contributed by atoms with Crippen LogP contribution in [0.3, 0.4) is 0 Å². The number of nitrogens with zero attached hydrogens (tertiary/aromatic N) is 2. The molecule has 1 atom stereocenters. The van der Waals surface area contributed by atoms with E-state index in [-0.39, 0.29) is 17.7 Å². The average molecular weight is 436 g/mol. The summed E-state index contributed by atoms with van der Waals surface area (Å²) in [6.45, 7) is 4.63. The zero-order valence-corrected chi connectivity index (χ0v) is 17.8. The van der Waals surface area contributed by atoms with Gasteiger partial charge in [-0.2, -0.15) is 0 Å². The Bertz CT molecular complexity index is 881. The van der Waals surface area contributed by atoms with Gasteiger partial charge in [-0.25, -0.2) is 4.98 Å². The lowest BCUT2D eigenvalue weighted by atomic mass is 9.95. The van der Waals surface area contributed by atoms with Gasteiger partial charge in [0.1, 0.15) is 11.6 Å². The Hall–Kier alpha value is -2.31. The van der Waals surface area contributed by atoms with E-state index in [2.05, 4.69) is 10.3 Å². The smallest absolute Gasteiger partial charge is 0.263 e. The monoisotopic (exact) mass is 435 g/mol. The van der Waals surface area contributed by atoms with Crippen LogP contribution in [0.1, 0.15) is 25.3 Å². The molecule has 0 spiro atoms. The van der Waals surface area contributed by atoms with Gasteiger partial charge in [-0.1, -0.05) is 29.3 Å². The molecule has 29 heavy (non-hydrogen) atoms. The summed E-state index contributed by atoms with van der Waals surface area (Å²) in [6.07, 6.45) is 2.22. The molecule has 2 heterocycles. The van der Waals surface area contributed by atoms with E-state index in [4.69, 9.17) is 27.9 Å². The second kappa shape index (κ2) is 9.46. The molecule has 1 fully saturated rings. The number of carbonyl (C=O) groups excluding carboxylic acids is 2. The third kappa shape index (κ3) is 5.61. The Balaban J connectivity index is 1.50. The summed E-state index contributed by atoms with van der Waals surface area (Å²) in [5.41, 5.74) is 1.03. The van der Waals surface area contributed by atoms with Crippen LogP contribution >= 0.6 is 23.2 Å². The maximum Gasteiger partial charge on any atom is 0.263 e. The lowest BCUT2D eigenvalue weighted by molar-refractivity contribution is -0.140. The highest BCUT2D eigenvalue weighted by Gasteiger charge is 2.30. The Morgan fingerprint density at radius 2 is 1.93 bits per heavy atom. The highest BCUT2D eigenvalue weighted by atomic mass is 35.5. The second-order valence-electron chi connectivity index (χ2n) is 7.14. The van der Waals surface area contributed by atoms with Crippen LogP contribution in [0.25, 0.3) is 0 Å². The maximum absolute atomic E-state index is 12.7. The summed E-state index contributed by atoms with van der Waals surface area (Å²) < 4.78 is 5.71. The van der Waals surface area contributed by atoms with Crippen molar-refractivity contribution in [2.75, 3.05) is 18.4 Å². The quantitative estimate of drug-likeness (QED) is 0.757. The van der Waals surface area contributed by atoms with Gasteiger partial charge in [0.05, 0.1) is 5.02 Å². The lowest BCUT2D eigenvalue weighted by Crippen LogP contribution is -2.46. The molecule has 2 aromatic rings. The van der Waals surface area contributed by atoms with Gasteiger partial charge in [0, 0.05) is 30.2 Å². The standard InChI is InChI=1S/C21H23Cl2N3O3/c1-13-3-6-19(24-12-13)25-20(27)15-7-9-26(10-8-15)21(28)14(2)29-18-5-4-16(22)11-17(18)23/h3-6,11-12,14-15H,7-10H2,1-2H3,(H,24,25,27). The molecule has 2 amide bonds. The van der Waals surface area contributed by atoms with Crippen LogP contribution in [-0.4, -0.2) is 40.9 Å². The van der Waals surface area contributed by atoms with Crippen molar-refractivity contribution in [1.82, 2.24) is 9.88 Å². The number of amides is 2. The van der Waals surface area contributed by atoms with Crippen molar-refractivity contribution in [2.45, 2.75) is 32.8 Å². The van der Waals surface area contributed by atoms with Gasteiger partial charge in [0.2, 0.25) is 5.91 Å². The minimum Gasteiger partial charge on any atom is -0.479 e. The molecule has 1 aliphatic rings. The molecule has 0 saturated carbocycles. The first-order valence-electron chi connectivity index (χ1n) is 9.47. The molecule has 1 aliphatic heterocycles. The van der Waals surface area contributed by atoms with Crippen molar-refractivity contribution < 1.29 is 14.3 Å². The molecule has 154 valence electrons. The molecule has 1 N–H and O–H groups in total. The van der Waals surface area contributed by atoms with Crippen LogP contribution in [0.15, 0.2) is 36.5 Å². The van der Waals surface area contributed by atoms with E-state index >= 15 is 0 Å². The molecular weight excluding hydrogens is 413 g/mol. The van der Waals surface area contributed by atoms with E-state index in [0.717, 1.165) is 5.56 Å². The molecule has 1 unspecified atom stereocenters. The number of rotatable bonds is 5. The molecule has 8 heteroatoms. The first-order chi connectivity index (χ1) is 13.8. The predicted molar refractivity (Wildman–Crippen MR) is 113 cm³/mol. The van der Waals surface area contributed by atoms with E-state index in [0.29, 0.717) is 47.5 Å². The Morgan fingerprint density at radius 3 is 2.55 bits per heavy atom. The highest BCUT2D eigenvalue weighted by Crippen LogP contribution is 2.29. The summed E-state index contributed by atoms with van der Waals surface area (Å²) >= 11 is 12.0. The van der Waals surface area contributed by atoms with Crippen molar-refractivity contribution in [1.29, 1.82) is 0 Å². The van der Waals surface area contributed by atoms with Gasteiger partial charge in [-0.15, -0.1) is 0 Å². The number of ether oxygens (including phenoxy) is 1. The third-order valence-electron chi connectivity index (χ3n) is 4.89. The number of halogens is 2. The van der Waals surface area contributed by atoms with E-state index < -0.39 is 6.10 Å². The molecule has 3 rings (SSSR count). The largest absolute Gasteiger partial charge is 0.479 e. The average Bonchev–Trinajstić information content (AvgIpc) is 2.71. The summed E-state index contributed by atoms with van der Waals surface area (Å²) in [5, 5.41) is 3.71. The Labute approximate surface area is 180 Å². The molecule has 0 aliphatic carbocycles. The number of hydrogen-bond donors (Lipinski definition) is 1. The van der Waals surface area contributed by atoms with Crippen molar-refractivity contribution in [2.24, 2.45) is 5.92 Å². The SMILES string of the molecule is Cc1ccc(NC(=O)C2CCN(C(=O)C(C)Oc3ccc(Cl)cc3Cl)CC2)nc1. The van der Waals surface area contributed by atoms with Crippen LogP contribution in [0.4, 0.5) is 5.82 Å². The van der Waals surface area contributed by atoms with E-state index in [1.807, 2.05) is 13.0 Å². The number of aromatic nitrogens is 1. The summed E-state index contributed by atoms with van der Waals surface area (Å²) in [5.74, 6) is 0.614. The van der Waals surface area contributed by atoms with Gasteiger partial charge < -0.3 is 15.0 Å². The van der Waals surface area contributed by atoms with Gasteiger partial charge >= 0.3 is 0 Å². The first-order valence-corrected chi connectivity index (χ1v) is 10.2. The normalized spacial score (nSPS) is 15.7. The fourth-order valence-corrected chi connectivity index (χ4v) is 3.65. The summed E-state index contributed by atoms with van der Waals surface area (Å²) in [6, 6.07) is 8.56.